The van der Waals surface area contributed by atoms with Crippen LogP contribution < -0.4 is 4.74 Å². The minimum Gasteiger partial charge on any atom is -0.492 e. The van der Waals surface area contributed by atoms with E-state index in [4.69, 9.17) is 4.74 Å². The summed E-state index contributed by atoms with van der Waals surface area (Å²) in [7, 11) is 7.59. The monoisotopic (exact) mass is 271 g/mol. The molecule has 1 aromatic rings. The Labute approximate surface area is 112 Å². The summed E-state index contributed by atoms with van der Waals surface area (Å²) < 4.78 is 30.9. The van der Waals surface area contributed by atoms with Gasteiger partial charge < -0.3 is 14.5 Å². The highest BCUT2D eigenvalue weighted by Crippen LogP contribution is 2.15. The molecule has 0 aliphatic carbocycles. The first-order valence-corrected chi connectivity index (χ1v) is 5.88. The van der Waals surface area contributed by atoms with Crippen molar-refractivity contribution in [3.05, 3.63) is 29.8 Å². The summed E-state index contributed by atoms with van der Waals surface area (Å²) in [5.41, 5.74) is 0. The number of halogens is 2. The predicted octanol–water partition coefficient (Wildman–Crippen LogP) is 1.82. The Balaban J connectivity index is 2.49. The lowest BCUT2D eigenvalue weighted by atomic mass is 10.3. The molecule has 0 aromatic heterocycles. The maximum atomic E-state index is 12.9. The molecule has 0 saturated heterocycles. The van der Waals surface area contributed by atoms with E-state index in [0.717, 1.165) is 18.1 Å². The van der Waals surface area contributed by atoms with E-state index in [9.17, 15) is 8.78 Å². The van der Waals surface area contributed by atoms with Crippen LogP contribution >= 0.6 is 0 Å². The standard InChI is InChI=1S/C13H19F2N3O/c1-17(2)13(18(3)4)16-7-8-19-10-5-6-11(14)12(15)9-10/h5-6,9H,7-8H2,1-4H3. The smallest absolute Gasteiger partial charge is 0.195 e. The van der Waals surface area contributed by atoms with Crippen molar-refractivity contribution < 1.29 is 13.5 Å². The number of rotatable bonds is 4. The molecule has 19 heavy (non-hydrogen) atoms. The fourth-order valence-electron chi connectivity index (χ4n) is 1.56. The summed E-state index contributed by atoms with van der Waals surface area (Å²) in [5.74, 6) is -0.685. The quantitative estimate of drug-likeness (QED) is 0.475. The molecule has 0 heterocycles. The Morgan fingerprint density at radius 2 is 1.74 bits per heavy atom. The molecule has 0 amide bonds. The van der Waals surface area contributed by atoms with Crippen LogP contribution in [-0.2, 0) is 0 Å². The van der Waals surface area contributed by atoms with E-state index in [2.05, 4.69) is 4.99 Å². The lowest BCUT2D eigenvalue weighted by molar-refractivity contribution is 0.323. The first kappa shape index (κ1) is 15.2. The second kappa shape index (κ2) is 6.92. The minimum absolute atomic E-state index is 0.297. The Morgan fingerprint density at radius 1 is 1.11 bits per heavy atom. The van der Waals surface area contributed by atoms with Crippen molar-refractivity contribution in [2.45, 2.75) is 0 Å². The lowest BCUT2D eigenvalue weighted by Crippen LogP contribution is -2.35. The van der Waals surface area contributed by atoms with Gasteiger partial charge in [0.1, 0.15) is 12.4 Å². The SMILES string of the molecule is CN(C)C(=NCCOc1ccc(F)c(F)c1)N(C)C. The van der Waals surface area contributed by atoms with Crippen LogP contribution in [0.4, 0.5) is 8.78 Å². The average molecular weight is 271 g/mol. The minimum atomic E-state index is -0.914. The van der Waals surface area contributed by atoms with Gasteiger partial charge in [0.15, 0.2) is 17.6 Å². The van der Waals surface area contributed by atoms with E-state index < -0.39 is 11.6 Å². The molecule has 0 spiro atoms. The van der Waals surface area contributed by atoms with Crippen LogP contribution in [0.25, 0.3) is 0 Å². The Morgan fingerprint density at radius 3 is 2.26 bits per heavy atom. The molecule has 1 rings (SSSR count). The zero-order chi connectivity index (χ0) is 14.4. The van der Waals surface area contributed by atoms with Gasteiger partial charge in [0.2, 0.25) is 0 Å². The van der Waals surface area contributed by atoms with Crippen LogP contribution in [0.5, 0.6) is 5.75 Å². The summed E-state index contributed by atoms with van der Waals surface area (Å²) in [5, 5.41) is 0. The second-order valence-corrected chi connectivity index (χ2v) is 4.39. The molecule has 6 heteroatoms. The molecule has 0 atom stereocenters. The van der Waals surface area contributed by atoms with E-state index in [1.807, 2.05) is 38.0 Å². The van der Waals surface area contributed by atoms with Crippen molar-refractivity contribution in [2.24, 2.45) is 4.99 Å². The van der Waals surface area contributed by atoms with Gasteiger partial charge in [-0.05, 0) is 12.1 Å². The number of nitrogens with zero attached hydrogens (tertiary/aromatic N) is 3. The number of benzene rings is 1. The molecular weight excluding hydrogens is 252 g/mol. The molecule has 106 valence electrons. The van der Waals surface area contributed by atoms with Crippen LogP contribution in [0.2, 0.25) is 0 Å². The van der Waals surface area contributed by atoms with Crippen molar-refractivity contribution in [3.63, 3.8) is 0 Å². The maximum Gasteiger partial charge on any atom is 0.195 e. The molecule has 0 radical (unpaired) electrons. The molecule has 0 bridgehead atoms. The topological polar surface area (TPSA) is 28.1 Å². The number of hydrogen-bond acceptors (Lipinski definition) is 2. The van der Waals surface area contributed by atoms with Gasteiger partial charge in [0, 0.05) is 34.3 Å². The van der Waals surface area contributed by atoms with Crippen LogP contribution in [0, 0.1) is 11.6 Å². The Bertz CT molecular complexity index is 438. The van der Waals surface area contributed by atoms with Gasteiger partial charge in [-0.2, -0.15) is 0 Å². The number of ether oxygens (including phenoxy) is 1. The van der Waals surface area contributed by atoms with Crippen molar-refractivity contribution >= 4 is 5.96 Å². The summed E-state index contributed by atoms with van der Waals surface area (Å²) in [6.07, 6.45) is 0. The predicted molar refractivity (Wildman–Crippen MR) is 71.5 cm³/mol. The van der Waals surface area contributed by atoms with Crippen LogP contribution in [0.15, 0.2) is 23.2 Å². The molecule has 0 N–H and O–H groups in total. The number of guanidine groups is 1. The van der Waals surface area contributed by atoms with Gasteiger partial charge in [0.25, 0.3) is 0 Å². The fourth-order valence-corrected chi connectivity index (χ4v) is 1.56. The van der Waals surface area contributed by atoms with Crippen LogP contribution in [0.1, 0.15) is 0 Å². The third-order valence-electron chi connectivity index (χ3n) is 2.30. The molecule has 0 unspecified atom stereocenters. The van der Waals surface area contributed by atoms with E-state index in [1.165, 1.54) is 6.07 Å². The Kier molecular flexibility index (Phi) is 5.54. The fraction of sp³-hybridized carbons (Fsp3) is 0.462. The van der Waals surface area contributed by atoms with Gasteiger partial charge in [-0.25, -0.2) is 13.8 Å². The molecular formula is C13H19F2N3O. The van der Waals surface area contributed by atoms with Gasteiger partial charge >= 0.3 is 0 Å². The summed E-state index contributed by atoms with van der Waals surface area (Å²) in [4.78, 5) is 8.13. The summed E-state index contributed by atoms with van der Waals surface area (Å²) in [6, 6.07) is 3.46. The van der Waals surface area contributed by atoms with Crippen molar-refractivity contribution in [2.75, 3.05) is 41.3 Å². The molecule has 0 aliphatic rings. The van der Waals surface area contributed by atoms with Gasteiger partial charge in [0.05, 0.1) is 6.54 Å². The lowest BCUT2D eigenvalue weighted by Gasteiger charge is -2.22. The summed E-state index contributed by atoms with van der Waals surface area (Å²) in [6.45, 7) is 0.737. The van der Waals surface area contributed by atoms with Crippen molar-refractivity contribution in [1.29, 1.82) is 0 Å². The molecule has 0 saturated carbocycles. The average Bonchev–Trinajstić information content (AvgIpc) is 2.32. The van der Waals surface area contributed by atoms with E-state index >= 15 is 0 Å². The highest BCUT2D eigenvalue weighted by Gasteiger charge is 2.04. The normalized spacial score (nSPS) is 10.0. The number of aliphatic imine (C=N–C) groups is 1. The second-order valence-electron chi connectivity index (χ2n) is 4.39. The third kappa shape index (κ3) is 4.73. The number of hydrogen-bond donors (Lipinski definition) is 0. The molecule has 0 aliphatic heterocycles. The van der Waals surface area contributed by atoms with E-state index in [-0.39, 0.29) is 0 Å². The highest BCUT2D eigenvalue weighted by molar-refractivity contribution is 5.79. The highest BCUT2D eigenvalue weighted by atomic mass is 19.2. The summed E-state index contributed by atoms with van der Waals surface area (Å²) >= 11 is 0. The van der Waals surface area contributed by atoms with Crippen LogP contribution in [0.3, 0.4) is 0 Å². The van der Waals surface area contributed by atoms with Gasteiger partial charge in [-0.15, -0.1) is 0 Å². The first-order valence-electron chi connectivity index (χ1n) is 5.88. The molecule has 1 aromatic carbocycles. The molecule has 4 nitrogen and oxygen atoms in total. The van der Waals surface area contributed by atoms with E-state index in [1.54, 1.807) is 0 Å². The largest absolute Gasteiger partial charge is 0.492 e. The Hall–Kier alpha value is -1.85. The van der Waals surface area contributed by atoms with Gasteiger partial charge in [-0.1, -0.05) is 0 Å². The molecule has 0 fully saturated rings. The van der Waals surface area contributed by atoms with E-state index in [0.29, 0.717) is 18.9 Å². The van der Waals surface area contributed by atoms with Gasteiger partial charge in [-0.3, -0.25) is 0 Å². The third-order valence-corrected chi connectivity index (χ3v) is 2.30. The zero-order valence-electron chi connectivity index (χ0n) is 11.7. The maximum absolute atomic E-state index is 12.9. The van der Waals surface area contributed by atoms with Crippen molar-refractivity contribution in [3.8, 4) is 5.75 Å². The first-order chi connectivity index (χ1) is 8.91. The van der Waals surface area contributed by atoms with Crippen molar-refractivity contribution in [1.82, 2.24) is 9.80 Å². The van der Waals surface area contributed by atoms with Crippen LogP contribution in [-0.4, -0.2) is 57.1 Å². The zero-order valence-corrected chi connectivity index (χ0v) is 11.7.